The van der Waals surface area contributed by atoms with Crippen molar-refractivity contribution in [1.82, 2.24) is 9.88 Å². The van der Waals surface area contributed by atoms with Crippen molar-refractivity contribution in [2.24, 2.45) is 0 Å². The average molecular weight is 180 g/mol. The molecule has 1 saturated heterocycles. The van der Waals surface area contributed by atoms with Crippen LogP contribution in [0.5, 0.6) is 0 Å². The summed E-state index contributed by atoms with van der Waals surface area (Å²) in [5, 5.41) is 0. The molecule has 13 heavy (non-hydrogen) atoms. The molecule has 0 radical (unpaired) electrons. The van der Waals surface area contributed by atoms with Crippen LogP contribution in [0.25, 0.3) is 0 Å². The molecule has 1 fully saturated rings. The van der Waals surface area contributed by atoms with Crippen molar-refractivity contribution >= 4 is 5.91 Å². The van der Waals surface area contributed by atoms with Crippen molar-refractivity contribution in [2.75, 3.05) is 6.54 Å². The Morgan fingerprint density at radius 1 is 1.77 bits per heavy atom. The summed E-state index contributed by atoms with van der Waals surface area (Å²) in [6, 6.07) is 0.337. The average Bonchev–Trinajstić information content (AvgIpc) is 2.72. The van der Waals surface area contributed by atoms with Gasteiger partial charge in [0.15, 0.2) is 12.1 Å². The highest BCUT2D eigenvalue weighted by molar-refractivity contribution is 5.92. The number of amides is 1. The minimum atomic E-state index is -0.0150. The second kappa shape index (κ2) is 3.20. The first kappa shape index (κ1) is 8.29. The van der Waals surface area contributed by atoms with E-state index < -0.39 is 0 Å². The van der Waals surface area contributed by atoms with Crippen LogP contribution in [-0.4, -0.2) is 28.4 Å². The van der Waals surface area contributed by atoms with Gasteiger partial charge in [-0.05, 0) is 19.8 Å². The van der Waals surface area contributed by atoms with Gasteiger partial charge in [0.05, 0.1) is 0 Å². The van der Waals surface area contributed by atoms with Crippen molar-refractivity contribution in [1.29, 1.82) is 0 Å². The van der Waals surface area contributed by atoms with E-state index in [2.05, 4.69) is 11.9 Å². The number of rotatable bonds is 1. The Labute approximate surface area is 76.6 Å². The Hall–Kier alpha value is -1.32. The Morgan fingerprint density at radius 2 is 2.62 bits per heavy atom. The second-order valence-corrected chi connectivity index (χ2v) is 3.36. The van der Waals surface area contributed by atoms with Crippen LogP contribution >= 0.6 is 0 Å². The zero-order valence-electron chi connectivity index (χ0n) is 7.56. The summed E-state index contributed by atoms with van der Waals surface area (Å²) in [6.45, 7) is 2.90. The number of aromatic nitrogens is 1. The van der Waals surface area contributed by atoms with E-state index in [9.17, 15) is 4.79 Å². The molecule has 1 aromatic rings. The maximum atomic E-state index is 11.7. The summed E-state index contributed by atoms with van der Waals surface area (Å²) in [5.74, 6) is -0.0150. The lowest BCUT2D eigenvalue weighted by molar-refractivity contribution is 0.0741. The lowest BCUT2D eigenvalue weighted by Crippen LogP contribution is -2.33. The van der Waals surface area contributed by atoms with Gasteiger partial charge in [0.25, 0.3) is 5.91 Å². The molecule has 0 N–H and O–H groups in total. The van der Waals surface area contributed by atoms with Gasteiger partial charge in [-0.3, -0.25) is 4.79 Å². The zero-order valence-corrected chi connectivity index (χ0v) is 7.56. The van der Waals surface area contributed by atoms with Crippen molar-refractivity contribution in [3.63, 3.8) is 0 Å². The maximum absolute atomic E-state index is 11.7. The zero-order chi connectivity index (χ0) is 9.26. The number of likely N-dealkylation sites (tertiary alicyclic amines) is 1. The quantitative estimate of drug-likeness (QED) is 0.654. The molecule has 1 aromatic heterocycles. The first-order chi connectivity index (χ1) is 6.29. The number of carbonyl (C=O) groups is 1. The third-order valence-electron chi connectivity index (χ3n) is 2.47. The van der Waals surface area contributed by atoms with Gasteiger partial charge in [0.2, 0.25) is 0 Å². The molecule has 1 amide bonds. The van der Waals surface area contributed by atoms with Gasteiger partial charge in [-0.2, -0.15) is 0 Å². The second-order valence-electron chi connectivity index (χ2n) is 3.36. The molecule has 4 nitrogen and oxygen atoms in total. The van der Waals surface area contributed by atoms with Crippen LogP contribution in [0.15, 0.2) is 17.1 Å². The molecule has 0 aromatic carbocycles. The summed E-state index contributed by atoms with van der Waals surface area (Å²) >= 11 is 0. The van der Waals surface area contributed by atoms with E-state index in [4.69, 9.17) is 4.42 Å². The van der Waals surface area contributed by atoms with Crippen molar-refractivity contribution < 1.29 is 9.21 Å². The third-order valence-corrected chi connectivity index (χ3v) is 2.47. The topological polar surface area (TPSA) is 46.3 Å². The van der Waals surface area contributed by atoms with Crippen molar-refractivity contribution in [2.45, 2.75) is 25.8 Å². The molecular weight excluding hydrogens is 168 g/mol. The molecule has 0 saturated carbocycles. The molecule has 2 rings (SSSR count). The van der Waals surface area contributed by atoms with Crippen molar-refractivity contribution in [3.05, 3.63) is 18.4 Å². The fraction of sp³-hybridized carbons (Fsp3) is 0.556. The minimum Gasteiger partial charge on any atom is -0.451 e. The lowest BCUT2D eigenvalue weighted by atomic mass is 10.2. The molecule has 0 spiro atoms. The van der Waals surface area contributed by atoms with E-state index in [0.717, 1.165) is 19.4 Å². The highest BCUT2D eigenvalue weighted by atomic mass is 16.3. The van der Waals surface area contributed by atoms with E-state index in [-0.39, 0.29) is 5.91 Å². The molecule has 4 heteroatoms. The Balaban J connectivity index is 2.13. The summed E-state index contributed by atoms with van der Waals surface area (Å²) < 4.78 is 4.77. The molecular formula is C9H12N2O2. The summed E-state index contributed by atoms with van der Waals surface area (Å²) in [6.07, 6.45) is 4.86. The summed E-state index contributed by atoms with van der Waals surface area (Å²) in [4.78, 5) is 17.4. The molecule has 2 heterocycles. The monoisotopic (exact) mass is 180 g/mol. The minimum absolute atomic E-state index is 0.0150. The smallest absolute Gasteiger partial charge is 0.276 e. The third kappa shape index (κ3) is 1.43. The molecule has 1 unspecified atom stereocenters. The predicted molar refractivity (Wildman–Crippen MR) is 46.2 cm³/mol. The van der Waals surface area contributed by atoms with Crippen LogP contribution in [0.3, 0.4) is 0 Å². The fourth-order valence-corrected chi connectivity index (χ4v) is 1.70. The molecule has 1 aliphatic rings. The van der Waals surface area contributed by atoms with E-state index in [1.165, 1.54) is 12.7 Å². The number of nitrogens with zero attached hydrogens (tertiary/aromatic N) is 2. The number of oxazole rings is 1. The molecule has 0 bridgehead atoms. The SMILES string of the molecule is CC1CCCN1C(=O)c1cocn1. The fourth-order valence-electron chi connectivity index (χ4n) is 1.70. The summed E-state index contributed by atoms with van der Waals surface area (Å²) in [7, 11) is 0. The van der Waals surface area contributed by atoms with Crippen LogP contribution in [0.2, 0.25) is 0 Å². The first-order valence-electron chi connectivity index (χ1n) is 4.48. The van der Waals surface area contributed by atoms with E-state index in [0.29, 0.717) is 11.7 Å². The van der Waals surface area contributed by atoms with Gasteiger partial charge in [-0.15, -0.1) is 0 Å². The van der Waals surface area contributed by atoms with Gasteiger partial charge in [0, 0.05) is 12.6 Å². The summed E-state index contributed by atoms with van der Waals surface area (Å²) in [5.41, 5.74) is 0.411. The van der Waals surface area contributed by atoms with Gasteiger partial charge >= 0.3 is 0 Å². The first-order valence-corrected chi connectivity index (χ1v) is 4.48. The highest BCUT2D eigenvalue weighted by Gasteiger charge is 2.27. The van der Waals surface area contributed by atoms with Gasteiger partial charge < -0.3 is 9.32 Å². The molecule has 1 atom stereocenters. The highest BCUT2D eigenvalue weighted by Crippen LogP contribution is 2.18. The maximum Gasteiger partial charge on any atom is 0.276 e. The molecule has 1 aliphatic heterocycles. The van der Waals surface area contributed by atoms with Crippen LogP contribution in [0.4, 0.5) is 0 Å². The predicted octanol–water partition coefficient (Wildman–Crippen LogP) is 1.30. The van der Waals surface area contributed by atoms with Gasteiger partial charge in [-0.1, -0.05) is 0 Å². The number of hydrogen-bond donors (Lipinski definition) is 0. The largest absolute Gasteiger partial charge is 0.451 e. The Kier molecular flexibility index (Phi) is 2.04. The Bertz CT molecular complexity index is 295. The number of carbonyl (C=O) groups excluding carboxylic acids is 1. The van der Waals surface area contributed by atoms with Gasteiger partial charge in [0.1, 0.15) is 6.26 Å². The molecule has 70 valence electrons. The lowest BCUT2D eigenvalue weighted by Gasteiger charge is -2.19. The van der Waals surface area contributed by atoms with E-state index >= 15 is 0 Å². The van der Waals surface area contributed by atoms with Crippen LogP contribution in [0.1, 0.15) is 30.3 Å². The Morgan fingerprint density at radius 3 is 3.15 bits per heavy atom. The van der Waals surface area contributed by atoms with Crippen LogP contribution in [-0.2, 0) is 0 Å². The van der Waals surface area contributed by atoms with Crippen LogP contribution in [0, 0.1) is 0 Å². The van der Waals surface area contributed by atoms with Crippen molar-refractivity contribution in [3.8, 4) is 0 Å². The standard InChI is InChI=1S/C9H12N2O2/c1-7-3-2-4-11(7)9(12)8-5-13-6-10-8/h5-7H,2-4H2,1H3. The van der Waals surface area contributed by atoms with E-state index in [1.807, 2.05) is 4.90 Å². The normalized spacial score (nSPS) is 22.2. The van der Waals surface area contributed by atoms with Crippen LogP contribution < -0.4 is 0 Å². The number of hydrogen-bond acceptors (Lipinski definition) is 3. The molecule has 0 aliphatic carbocycles. The van der Waals surface area contributed by atoms with E-state index in [1.54, 1.807) is 0 Å². The van der Waals surface area contributed by atoms with Gasteiger partial charge in [-0.25, -0.2) is 4.98 Å².